The number of nitrogens with zero attached hydrogens (tertiary/aromatic N) is 1. The van der Waals surface area contributed by atoms with Crippen LogP contribution in [0, 0.1) is 6.92 Å². The Kier molecular flexibility index (Phi) is 6.48. The lowest BCUT2D eigenvalue weighted by Gasteiger charge is -2.18. The molecule has 0 fully saturated rings. The molecule has 2 rings (SSSR count). The van der Waals surface area contributed by atoms with E-state index in [9.17, 15) is 0 Å². The standard InChI is InChI=1S/C19H25N3O/c1-15-8-7-11-18(14-15)23-13-12-21-19(20-3)22-16(2)17-9-5-4-6-10-17/h4-11,14,16H,12-13H2,1-3H3,(H2,20,21,22). The molecule has 2 aromatic rings. The predicted molar refractivity (Wildman–Crippen MR) is 96.0 cm³/mol. The number of aliphatic imine (C=N–C) groups is 1. The van der Waals surface area contributed by atoms with Crippen LogP contribution in [0.3, 0.4) is 0 Å². The Morgan fingerprint density at radius 3 is 2.61 bits per heavy atom. The summed E-state index contributed by atoms with van der Waals surface area (Å²) in [6.45, 7) is 5.45. The van der Waals surface area contributed by atoms with Crippen LogP contribution in [-0.2, 0) is 0 Å². The van der Waals surface area contributed by atoms with E-state index >= 15 is 0 Å². The minimum Gasteiger partial charge on any atom is -0.492 e. The Bertz CT molecular complexity index is 626. The summed E-state index contributed by atoms with van der Waals surface area (Å²) in [4.78, 5) is 4.25. The average Bonchev–Trinajstić information content (AvgIpc) is 2.58. The monoisotopic (exact) mass is 311 g/mol. The van der Waals surface area contributed by atoms with Gasteiger partial charge in [0.15, 0.2) is 5.96 Å². The van der Waals surface area contributed by atoms with Crippen molar-refractivity contribution in [3.8, 4) is 5.75 Å². The fourth-order valence-corrected chi connectivity index (χ4v) is 2.27. The lowest BCUT2D eigenvalue weighted by Crippen LogP contribution is -2.40. The lowest BCUT2D eigenvalue weighted by atomic mass is 10.1. The zero-order chi connectivity index (χ0) is 16.5. The smallest absolute Gasteiger partial charge is 0.191 e. The molecule has 0 amide bonds. The van der Waals surface area contributed by atoms with Crippen molar-refractivity contribution in [2.75, 3.05) is 20.2 Å². The van der Waals surface area contributed by atoms with Gasteiger partial charge in [-0.1, -0.05) is 42.5 Å². The number of nitrogens with one attached hydrogen (secondary N) is 2. The van der Waals surface area contributed by atoms with Gasteiger partial charge >= 0.3 is 0 Å². The minimum atomic E-state index is 0.195. The van der Waals surface area contributed by atoms with Crippen LogP contribution in [0.25, 0.3) is 0 Å². The Labute approximate surface area is 138 Å². The van der Waals surface area contributed by atoms with E-state index in [4.69, 9.17) is 4.74 Å². The van der Waals surface area contributed by atoms with Gasteiger partial charge in [-0.05, 0) is 37.1 Å². The highest BCUT2D eigenvalue weighted by atomic mass is 16.5. The van der Waals surface area contributed by atoms with E-state index in [1.165, 1.54) is 11.1 Å². The molecular formula is C19H25N3O. The molecule has 2 aromatic carbocycles. The van der Waals surface area contributed by atoms with E-state index in [-0.39, 0.29) is 6.04 Å². The highest BCUT2D eigenvalue weighted by Gasteiger charge is 2.06. The van der Waals surface area contributed by atoms with Gasteiger partial charge in [-0.2, -0.15) is 0 Å². The number of hydrogen-bond donors (Lipinski definition) is 2. The van der Waals surface area contributed by atoms with Crippen molar-refractivity contribution in [1.82, 2.24) is 10.6 Å². The van der Waals surface area contributed by atoms with Gasteiger partial charge in [-0.25, -0.2) is 0 Å². The average molecular weight is 311 g/mol. The molecular weight excluding hydrogens is 286 g/mol. The van der Waals surface area contributed by atoms with Crippen molar-refractivity contribution >= 4 is 5.96 Å². The van der Waals surface area contributed by atoms with E-state index in [0.29, 0.717) is 13.2 Å². The van der Waals surface area contributed by atoms with Crippen LogP contribution in [0.15, 0.2) is 59.6 Å². The Balaban J connectivity index is 1.75. The first-order chi connectivity index (χ1) is 11.2. The van der Waals surface area contributed by atoms with Crippen LogP contribution >= 0.6 is 0 Å². The number of rotatable bonds is 6. The molecule has 0 aromatic heterocycles. The molecule has 0 aliphatic rings. The largest absolute Gasteiger partial charge is 0.492 e. The molecule has 0 aliphatic carbocycles. The zero-order valence-electron chi connectivity index (χ0n) is 14.0. The molecule has 1 unspecified atom stereocenters. The van der Waals surface area contributed by atoms with Crippen molar-refractivity contribution in [3.05, 3.63) is 65.7 Å². The van der Waals surface area contributed by atoms with Gasteiger partial charge in [-0.15, -0.1) is 0 Å². The number of aryl methyl sites for hydroxylation is 1. The number of guanidine groups is 1. The van der Waals surface area contributed by atoms with E-state index in [1.54, 1.807) is 7.05 Å². The molecule has 0 radical (unpaired) electrons. The molecule has 1 atom stereocenters. The predicted octanol–water partition coefficient (Wildman–Crippen LogP) is 3.30. The summed E-state index contributed by atoms with van der Waals surface area (Å²) >= 11 is 0. The first-order valence-electron chi connectivity index (χ1n) is 7.90. The maximum atomic E-state index is 5.73. The molecule has 2 N–H and O–H groups in total. The van der Waals surface area contributed by atoms with Crippen molar-refractivity contribution in [1.29, 1.82) is 0 Å². The molecule has 122 valence electrons. The van der Waals surface area contributed by atoms with Crippen molar-refractivity contribution in [2.24, 2.45) is 4.99 Å². The van der Waals surface area contributed by atoms with Crippen molar-refractivity contribution in [2.45, 2.75) is 19.9 Å². The molecule has 0 saturated carbocycles. The Morgan fingerprint density at radius 2 is 1.91 bits per heavy atom. The van der Waals surface area contributed by atoms with Gasteiger partial charge in [0, 0.05) is 7.05 Å². The summed E-state index contributed by atoms with van der Waals surface area (Å²) in [6, 6.07) is 18.6. The second-order valence-corrected chi connectivity index (χ2v) is 5.44. The second kappa shape index (κ2) is 8.83. The van der Waals surface area contributed by atoms with Crippen LogP contribution < -0.4 is 15.4 Å². The van der Waals surface area contributed by atoms with Gasteiger partial charge in [0.05, 0.1) is 12.6 Å². The Morgan fingerprint density at radius 1 is 1.13 bits per heavy atom. The van der Waals surface area contributed by atoms with Crippen LogP contribution in [0.2, 0.25) is 0 Å². The fourth-order valence-electron chi connectivity index (χ4n) is 2.27. The molecule has 4 nitrogen and oxygen atoms in total. The summed E-state index contributed by atoms with van der Waals surface area (Å²) in [7, 11) is 1.77. The van der Waals surface area contributed by atoms with Crippen LogP contribution in [-0.4, -0.2) is 26.2 Å². The molecule has 0 saturated heterocycles. The van der Waals surface area contributed by atoms with Crippen LogP contribution in [0.4, 0.5) is 0 Å². The minimum absolute atomic E-state index is 0.195. The number of hydrogen-bond acceptors (Lipinski definition) is 2. The van der Waals surface area contributed by atoms with E-state index < -0.39 is 0 Å². The van der Waals surface area contributed by atoms with Crippen LogP contribution in [0.1, 0.15) is 24.1 Å². The normalized spacial score (nSPS) is 12.6. The van der Waals surface area contributed by atoms with E-state index in [1.807, 2.05) is 36.4 Å². The third kappa shape index (κ3) is 5.66. The third-order valence-corrected chi connectivity index (χ3v) is 3.53. The van der Waals surface area contributed by atoms with Gasteiger partial charge in [0.1, 0.15) is 12.4 Å². The van der Waals surface area contributed by atoms with Gasteiger partial charge < -0.3 is 15.4 Å². The summed E-state index contributed by atoms with van der Waals surface area (Å²) in [5, 5.41) is 6.64. The maximum Gasteiger partial charge on any atom is 0.191 e. The molecule has 0 heterocycles. The zero-order valence-corrected chi connectivity index (χ0v) is 14.0. The van der Waals surface area contributed by atoms with Gasteiger partial charge in [0.25, 0.3) is 0 Å². The highest BCUT2D eigenvalue weighted by molar-refractivity contribution is 5.80. The number of benzene rings is 2. The summed E-state index contributed by atoms with van der Waals surface area (Å²) in [5.41, 5.74) is 2.43. The van der Waals surface area contributed by atoms with Gasteiger partial charge in [-0.3, -0.25) is 4.99 Å². The molecule has 0 aliphatic heterocycles. The summed E-state index contributed by atoms with van der Waals surface area (Å²) in [5.74, 6) is 1.67. The maximum absolute atomic E-state index is 5.73. The topological polar surface area (TPSA) is 45.7 Å². The third-order valence-electron chi connectivity index (χ3n) is 3.53. The van der Waals surface area contributed by atoms with Gasteiger partial charge in [0.2, 0.25) is 0 Å². The fraction of sp³-hybridized carbons (Fsp3) is 0.316. The lowest BCUT2D eigenvalue weighted by molar-refractivity contribution is 0.321. The number of ether oxygens (including phenoxy) is 1. The first kappa shape index (κ1) is 16.9. The van der Waals surface area contributed by atoms with E-state index in [0.717, 1.165) is 11.7 Å². The Hall–Kier alpha value is -2.49. The highest BCUT2D eigenvalue weighted by Crippen LogP contribution is 2.12. The van der Waals surface area contributed by atoms with E-state index in [2.05, 4.69) is 47.7 Å². The van der Waals surface area contributed by atoms with Crippen molar-refractivity contribution < 1.29 is 4.74 Å². The first-order valence-corrected chi connectivity index (χ1v) is 7.90. The van der Waals surface area contributed by atoms with Crippen molar-refractivity contribution in [3.63, 3.8) is 0 Å². The SMILES string of the molecule is CN=C(NCCOc1cccc(C)c1)NC(C)c1ccccc1. The molecule has 0 bridgehead atoms. The quantitative estimate of drug-likeness (QED) is 0.489. The molecule has 0 spiro atoms. The van der Waals surface area contributed by atoms with Crippen LogP contribution in [0.5, 0.6) is 5.75 Å². The molecule has 23 heavy (non-hydrogen) atoms. The summed E-state index contributed by atoms with van der Waals surface area (Å²) in [6.07, 6.45) is 0. The summed E-state index contributed by atoms with van der Waals surface area (Å²) < 4.78 is 5.73. The second-order valence-electron chi connectivity index (χ2n) is 5.44. The molecule has 4 heteroatoms.